The fraction of sp³-hybridized carbons (Fsp3) is 0.333. The first-order valence-electron chi connectivity index (χ1n) is 4.46. The van der Waals surface area contributed by atoms with Crippen molar-refractivity contribution in [2.24, 2.45) is 5.10 Å². The van der Waals surface area contributed by atoms with E-state index >= 15 is 0 Å². The third kappa shape index (κ3) is 3.00. The minimum absolute atomic E-state index is 0.484. The highest BCUT2D eigenvalue weighted by Crippen LogP contribution is 2.23. The Kier molecular flexibility index (Phi) is 3.72. The number of rotatable bonds is 2. The number of aromatic nitrogens is 1. The molecule has 80 valence electrons. The highest BCUT2D eigenvalue weighted by molar-refractivity contribution is 8.00. The molecule has 3 nitrogen and oxygen atoms in total. The highest BCUT2D eigenvalue weighted by atomic mass is 35.5. The molecule has 15 heavy (non-hydrogen) atoms. The van der Waals surface area contributed by atoms with Gasteiger partial charge in [0.1, 0.15) is 0 Å². The Hall–Kier alpha value is -0.450. The molecule has 1 fully saturated rings. The average Bonchev–Trinajstić information content (AvgIpc) is 2.69. The fourth-order valence-corrected chi connectivity index (χ4v) is 2.56. The van der Waals surface area contributed by atoms with Gasteiger partial charge in [0.25, 0.3) is 0 Å². The molecule has 1 aromatic rings. The second kappa shape index (κ2) is 5.05. The Labute approximate surface area is 102 Å². The van der Waals surface area contributed by atoms with Gasteiger partial charge in [0, 0.05) is 17.7 Å². The van der Waals surface area contributed by atoms with Crippen LogP contribution in [0.25, 0.3) is 0 Å². The van der Waals surface area contributed by atoms with Crippen LogP contribution < -0.4 is 5.43 Å². The lowest BCUT2D eigenvalue weighted by molar-refractivity contribution is 1.20. The molecule has 0 radical (unpaired) electrons. The second-order valence-corrected chi connectivity index (χ2v) is 5.03. The van der Waals surface area contributed by atoms with Crippen molar-refractivity contribution in [1.82, 2.24) is 4.98 Å². The number of halogens is 2. The third-order valence-corrected chi connectivity index (χ3v) is 3.46. The molecule has 0 aromatic carbocycles. The number of anilines is 1. The van der Waals surface area contributed by atoms with Crippen molar-refractivity contribution < 1.29 is 0 Å². The molecule has 1 saturated heterocycles. The molecular weight excluding hydrogens is 253 g/mol. The maximum absolute atomic E-state index is 5.93. The monoisotopic (exact) mass is 261 g/mol. The molecule has 1 aliphatic rings. The first kappa shape index (κ1) is 11.0. The van der Waals surface area contributed by atoms with Gasteiger partial charge in [-0.1, -0.05) is 23.2 Å². The molecule has 1 N–H and O–H groups in total. The smallest absolute Gasteiger partial charge is 0.165 e. The van der Waals surface area contributed by atoms with Gasteiger partial charge in [-0.05, 0) is 18.2 Å². The lowest BCUT2D eigenvalue weighted by Gasteiger charge is -2.03. The Bertz CT molecular complexity index is 387. The summed E-state index contributed by atoms with van der Waals surface area (Å²) < 4.78 is 0. The van der Waals surface area contributed by atoms with Crippen LogP contribution in [0, 0.1) is 0 Å². The maximum Gasteiger partial charge on any atom is 0.165 e. The molecule has 0 bridgehead atoms. The van der Waals surface area contributed by atoms with Crippen LogP contribution in [-0.2, 0) is 0 Å². The van der Waals surface area contributed by atoms with Gasteiger partial charge in [0.15, 0.2) is 5.82 Å². The van der Waals surface area contributed by atoms with Crippen LogP contribution in [0.15, 0.2) is 17.4 Å². The minimum Gasteiger partial charge on any atom is -0.260 e. The van der Waals surface area contributed by atoms with Crippen LogP contribution >= 0.6 is 35.0 Å². The Morgan fingerprint density at radius 2 is 2.33 bits per heavy atom. The molecule has 6 heteroatoms. The van der Waals surface area contributed by atoms with E-state index in [2.05, 4.69) is 15.5 Å². The number of nitrogens with zero attached hydrogens (tertiary/aromatic N) is 2. The van der Waals surface area contributed by atoms with Gasteiger partial charge < -0.3 is 0 Å². The van der Waals surface area contributed by atoms with E-state index in [1.54, 1.807) is 12.3 Å². The number of hydrazone groups is 1. The lowest BCUT2D eigenvalue weighted by atomic mass is 10.3. The topological polar surface area (TPSA) is 37.3 Å². The molecule has 2 rings (SSSR count). The van der Waals surface area contributed by atoms with Gasteiger partial charge in [0.05, 0.1) is 10.0 Å². The number of hydrogen-bond donors (Lipinski definition) is 1. The van der Waals surface area contributed by atoms with Crippen LogP contribution in [0.3, 0.4) is 0 Å². The van der Waals surface area contributed by atoms with Gasteiger partial charge in [-0.15, -0.1) is 0 Å². The van der Waals surface area contributed by atoms with Crippen LogP contribution in [0.2, 0.25) is 10.0 Å². The molecule has 0 atom stereocenters. The summed E-state index contributed by atoms with van der Waals surface area (Å²) in [6.07, 6.45) is 2.57. The van der Waals surface area contributed by atoms with Gasteiger partial charge >= 0.3 is 0 Å². The summed E-state index contributed by atoms with van der Waals surface area (Å²) in [6, 6.07) is 1.64. The van der Waals surface area contributed by atoms with Crippen LogP contribution in [-0.4, -0.2) is 22.2 Å². The van der Waals surface area contributed by atoms with Crippen molar-refractivity contribution in [2.45, 2.75) is 6.42 Å². The summed E-state index contributed by atoms with van der Waals surface area (Å²) in [5.74, 6) is 2.67. The third-order valence-electron chi connectivity index (χ3n) is 1.93. The Morgan fingerprint density at radius 1 is 1.47 bits per heavy atom. The quantitative estimate of drug-likeness (QED) is 0.831. The maximum atomic E-state index is 5.93. The van der Waals surface area contributed by atoms with E-state index in [1.807, 2.05) is 11.8 Å². The first-order valence-corrected chi connectivity index (χ1v) is 6.37. The normalized spacial score (nSPS) is 18.4. The highest BCUT2D eigenvalue weighted by Gasteiger charge is 2.09. The summed E-state index contributed by atoms with van der Waals surface area (Å²) in [5, 5.41) is 5.25. The van der Waals surface area contributed by atoms with Gasteiger partial charge in [0.2, 0.25) is 0 Å². The van der Waals surface area contributed by atoms with E-state index in [0.717, 1.165) is 23.6 Å². The van der Waals surface area contributed by atoms with Crippen molar-refractivity contribution in [2.75, 3.05) is 16.9 Å². The minimum atomic E-state index is 0.484. The predicted molar refractivity (Wildman–Crippen MR) is 67.3 cm³/mol. The lowest BCUT2D eigenvalue weighted by Crippen LogP contribution is -2.01. The Balaban J connectivity index is 2.07. The van der Waals surface area contributed by atoms with E-state index < -0.39 is 0 Å². The standard InChI is InChI=1S/C9H9Cl2N3S/c10-6-3-8(11)9(12-4-6)14-13-7-1-2-15-5-7/h3-4H,1-2,5H2,(H,12,14). The zero-order valence-electron chi connectivity index (χ0n) is 7.83. The zero-order valence-corrected chi connectivity index (χ0v) is 10.2. The summed E-state index contributed by atoms with van der Waals surface area (Å²) in [4.78, 5) is 4.05. The number of nitrogens with one attached hydrogen (secondary N) is 1. The molecule has 0 aliphatic carbocycles. The fourth-order valence-electron chi connectivity index (χ4n) is 1.17. The number of hydrogen-bond acceptors (Lipinski definition) is 4. The van der Waals surface area contributed by atoms with Crippen LogP contribution in [0.1, 0.15) is 6.42 Å². The van der Waals surface area contributed by atoms with Crippen molar-refractivity contribution in [3.63, 3.8) is 0 Å². The largest absolute Gasteiger partial charge is 0.260 e. The van der Waals surface area contributed by atoms with Crippen molar-refractivity contribution in [1.29, 1.82) is 0 Å². The zero-order chi connectivity index (χ0) is 10.7. The van der Waals surface area contributed by atoms with Crippen LogP contribution in [0.4, 0.5) is 5.82 Å². The van der Waals surface area contributed by atoms with Crippen molar-refractivity contribution >= 4 is 46.5 Å². The number of pyridine rings is 1. The first-order chi connectivity index (χ1) is 7.25. The molecule has 0 spiro atoms. The summed E-state index contributed by atoms with van der Waals surface area (Å²) in [7, 11) is 0. The summed E-state index contributed by atoms with van der Waals surface area (Å²) in [5.41, 5.74) is 4.00. The number of thioether (sulfide) groups is 1. The predicted octanol–water partition coefficient (Wildman–Crippen LogP) is 3.29. The van der Waals surface area contributed by atoms with E-state index in [0.29, 0.717) is 15.9 Å². The summed E-state index contributed by atoms with van der Waals surface area (Å²) >= 11 is 13.5. The molecule has 0 saturated carbocycles. The molecular formula is C9H9Cl2N3S. The van der Waals surface area contributed by atoms with Gasteiger partial charge in [-0.25, -0.2) is 4.98 Å². The molecule has 0 unspecified atom stereocenters. The van der Waals surface area contributed by atoms with Gasteiger partial charge in [-0.2, -0.15) is 16.9 Å². The Morgan fingerprint density at radius 3 is 3.00 bits per heavy atom. The molecule has 2 heterocycles. The molecule has 1 aromatic heterocycles. The van der Waals surface area contributed by atoms with Crippen LogP contribution in [0.5, 0.6) is 0 Å². The van der Waals surface area contributed by atoms with Crippen molar-refractivity contribution in [3.05, 3.63) is 22.3 Å². The summed E-state index contributed by atoms with van der Waals surface area (Å²) in [6.45, 7) is 0. The second-order valence-electron chi connectivity index (χ2n) is 3.08. The van der Waals surface area contributed by atoms with E-state index in [4.69, 9.17) is 23.2 Å². The SMILES string of the molecule is Clc1cnc(NN=C2CCSC2)c(Cl)c1. The average molecular weight is 262 g/mol. The molecule has 1 aliphatic heterocycles. The van der Waals surface area contributed by atoms with E-state index in [9.17, 15) is 0 Å². The van der Waals surface area contributed by atoms with E-state index in [1.165, 1.54) is 0 Å². The molecule has 0 amide bonds. The van der Waals surface area contributed by atoms with Gasteiger partial charge in [-0.3, -0.25) is 5.43 Å². The van der Waals surface area contributed by atoms with E-state index in [-0.39, 0.29) is 0 Å². The van der Waals surface area contributed by atoms with Crippen molar-refractivity contribution in [3.8, 4) is 0 Å².